The Morgan fingerprint density at radius 2 is 2.09 bits per heavy atom. The van der Waals surface area contributed by atoms with E-state index in [2.05, 4.69) is 38.7 Å². The van der Waals surface area contributed by atoms with Crippen LogP contribution in [0.4, 0.5) is 0 Å². The molecule has 6 heteroatoms. The minimum Gasteiger partial charge on any atom is -0.496 e. The van der Waals surface area contributed by atoms with Crippen LogP contribution in [0.5, 0.6) is 5.75 Å². The van der Waals surface area contributed by atoms with Crippen molar-refractivity contribution in [3.8, 4) is 5.75 Å². The van der Waals surface area contributed by atoms with Gasteiger partial charge in [-0.2, -0.15) is 5.10 Å². The van der Waals surface area contributed by atoms with Gasteiger partial charge in [-0.05, 0) is 62.6 Å². The Morgan fingerprint density at radius 1 is 1.26 bits per heavy atom. The van der Waals surface area contributed by atoms with Gasteiger partial charge in [0.15, 0.2) is 0 Å². The van der Waals surface area contributed by atoms with Gasteiger partial charge in [0.2, 0.25) is 5.91 Å². The Bertz CT molecular complexity index is 999. The fourth-order valence-corrected chi connectivity index (χ4v) is 5.84. The average molecular weight is 468 g/mol. The normalized spacial score (nSPS) is 20.9. The molecule has 2 heterocycles. The minimum absolute atomic E-state index is 0.0654. The monoisotopic (exact) mass is 467 g/mol. The summed E-state index contributed by atoms with van der Waals surface area (Å²) in [5, 5.41) is 4.89. The van der Waals surface area contributed by atoms with E-state index in [9.17, 15) is 4.79 Å². The largest absolute Gasteiger partial charge is 0.496 e. The summed E-state index contributed by atoms with van der Waals surface area (Å²) in [4.78, 5) is 15.7. The van der Waals surface area contributed by atoms with Gasteiger partial charge in [0, 0.05) is 36.2 Å². The fraction of sp³-hybridized carbons (Fsp3) is 0.643. The molecule has 1 saturated heterocycles. The summed E-state index contributed by atoms with van der Waals surface area (Å²) in [5.41, 5.74) is 6.09. The molecule has 1 aromatic carbocycles. The summed E-state index contributed by atoms with van der Waals surface area (Å²) >= 11 is 0. The molecular weight excluding hydrogens is 426 g/mol. The third-order valence-corrected chi connectivity index (χ3v) is 7.64. The first-order valence-corrected chi connectivity index (χ1v) is 13.1. The molecule has 4 rings (SSSR count). The van der Waals surface area contributed by atoms with Crippen LogP contribution in [0, 0.1) is 6.92 Å². The molecule has 6 nitrogen and oxygen atoms in total. The maximum Gasteiger partial charge on any atom is 0.244 e. The predicted molar refractivity (Wildman–Crippen MR) is 135 cm³/mol. The number of amides is 1. The minimum atomic E-state index is 0.0654. The Hall–Kier alpha value is -2.34. The van der Waals surface area contributed by atoms with Crippen molar-refractivity contribution in [2.45, 2.75) is 90.6 Å². The lowest BCUT2D eigenvalue weighted by molar-refractivity contribution is -0.133. The first-order valence-electron chi connectivity index (χ1n) is 13.1. The lowest BCUT2D eigenvalue weighted by Gasteiger charge is -2.29. The van der Waals surface area contributed by atoms with Crippen molar-refractivity contribution >= 4 is 5.91 Å². The van der Waals surface area contributed by atoms with Gasteiger partial charge in [-0.25, -0.2) is 0 Å². The summed E-state index contributed by atoms with van der Waals surface area (Å²) in [7, 11) is 1.73. The number of carbonyl (C=O) groups is 1. The van der Waals surface area contributed by atoms with E-state index in [4.69, 9.17) is 14.6 Å². The average Bonchev–Trinajstić information content (AvgIpc) is 3.45. The van der Waals surface area contributed by atoms with Crippen LogP contribution in [0.1, 0.15) is 98.8 Å². The number of likely N-dealkylation sites (tertiary alicyclic amines) is 1. The highest BCUT2D eigenvalue weighted by Gasteiger charge is 2.34. The molecule has 1 aromatic heterocycles. The van der Waals surface area contributed by atoms with Gasteiger partial charge in [0.1, 0.15) is 12.3 Å². The van der Waals surface area contributed by atoms with Crippen LogP contribution in [0.25, 0.3) is 0 Å². The zero-order chi connectivity index (χ0) is 24.2. The van der Waals surface area contributed by atoms with Gasteiger partial charge in [0.25, 0.3) is 0 Å². The van der Waals surface area contributed by atoms with Crippen LogP contribution in [0.2, 0.25) is 0 Å². The molecule has 0 N–H and O–H groups in total. The summed E-state index contributed by atoms with van der Waals surface area (Å²) in [6.07, 6.45) is 6.47. The summed E-state index contributed by atoms with van der Waals surface area (Å²) in [5.74, 6) is 1.71. The van der Waals surface area contributed by atoms with E-state index in [0.29, 0.717) is 19.1 Å². The summed E-state index contributed by atoms with van der Waals surface area (Å²) < 4.78 is 13.6. The topological polar surface area (TPSA) is 56.6 Å². The lowest BCUT2D eigenvalue weighted by Crippen LogP contribution is -2.34. The van der Waals surface area contributed by atoms with Gasteiger partial charge in [-0.3, -0.25) is 9.48 Å². The molecule has 2 unspecified atom stereocenters. The van der Waals surface area contributed by atoms with Crippen LogP contribution in [-0.4, -0.2) is 47.5 Å². The Morgan fingerprint density at radius 3 is 2.82 bits per heavy atom. The first kappa shape index (κ1) is 24.8. The molecule has 0 radical (unpaired) electrons. The highest BCUT2D eigenvalue weighted by atomic mass is 16.5. The summed E-state index contributed by atoms with van der Waals surface area (Å²) in [6, 6.07) is 6.31. The third kappa shape index (κ3) is 4.88. The standard InChI is InChI=1S/C28H41N3O3/c1-6-16-34-18-20(3)27-23(12-8-14-25(27)33-5)24-13-9-15-30(24)26(32)17-31-21(4)22-11-7-10-19(2)28(22)29-31/h8,12,14,19-20,24H,6-7,9-11,13,15-18H2,1-5H3/t19?,20?,24-/m1/s1. The molecule has 0 bridgehead atoms. The second-order valence-corrected chi connectivity index (χ2v) is 10.1. The van der Waals surface area contributed by atoms with E-state index in [0.717, 1.165) is 50.3 Å². The zero-order valence-electron chi connectivity index (χ0n) is 21.6. The molecule has 34 heavy (non-hydrogen) atoms. The van der Waals surface area contributed by atoms with Crippen LogP contribution >= 0.6 is 0 Å². The number of benzene rings is 1. The van der Waals surface area contributed by atoms with Gasteiger partial charge in [-0.15, -0.1) is 0 Å². The smallest absolute Gasteiger partial charge is 0.244 e. The number of ether oxygens (including phenoxy) is 2. The van der Waals surface area contributed by atoms with Gasteiger partial charge < -0.3 is 14.4 Å². The van der Waals surface area contributed by atoms with E-state index in [1.807, 2.05) is 16.8 Å². The molecule has 1 fully saturated rings. The van der Waals surface area contributed by atoms with E-state index in [1.54, 1.807) is 7.11 Å². The SMILES string of the molecule is CCCOCC(C)c1c(OC)cccc1[C@H]1CCCN1C(=O)Cn1nc2c(c1C)CCCC2C. The number of rotatable bonds is 9. The molecule has 2 aliphatic rings. The maximum absolute atomic E-state index is 13.6. The Kier molecular flexibility index (Phi) is 7.97. The molecule has 1 aliphatic carbocycles. The number of aromatic nitrogens is 2. The molecular formula is C28H41N3O3. The van der Waals surface area contributed by atoms with Crippen molar-refractivity contribution in [3.63, 3.8) is 0 Å². The van der Waals surface area contributed by atoms with Crippen LogP contribution in [-0.2, 0) is 22.5 Å². The van der Waals surface area contributed by atoms with Crippen molar-refractivity contribution in [1.82, 2.24) is 14.7 Å². The third-order valence-electron chi connectivity index (χ3n) is 7.64. The maximum atomic E-state index is 13.6. The van der Waals surface area contributed by atoms with E-state index >= 15 is 0 Å². The summed E-state index contributed by atoms with van der Waals surface area (Å²) in [6.45, 7) is 11.2. The van der Waals surface area contributed by atoms with E-state index in [1.165, 1.54) is 35.2 Å². The zero-order valence-corrected chi connectivity index (χ0v) is 21.6. The number of nitrogens with zero attached hydrogens (tertiary/aromatic N) is 3. The predicted octanol–water partition coefficient (Wildman–Crippen LogP) is 5.53. The van der Waals surface area contributed by atoms with Crippen LogP contribution < -0.4 is 4.74 Å². The second kappa shape index (κ2) is 10.9. The first-order chi connectivity index (χ1) is 16.5. The van der Waals surface area contributed by atoms with Crippen LogP contribution in [0.15, 0.2) is 18.2 Å². The van der Waals surface area contributed by atoms with E-state index < -0.39 is 0 Å². The van der Waals surface area contributed by atoms with Crippen LogP contribution in [0.3, 0.4) is 0 Å². The molecule has 0 spiro atoms. The van der Waals surface area contributed by atoms with Gasteiger partial charge in [-0.1, -0.05) is 32.9 Å². The highest BCUT2D eigenvalue weighted by Crippen LogP contribution is 2.40. The quantitative estimate of drug-likeness (QED) is 0.455. The fourth-order valence-electron chi connectivity index (χ4n) is 5.84. The molecule has 1 amide bonds. The molecule has 0 saturated carbocycles. The highest BCUT2D eigenvalue weighted by molar-refractivity contribution is 5.77. The number of carbonyl (C=O) groups excluding carboxylic acids is 1. The number of methoxy groups -OCH3 is 1. The molecule has 186 valence electrons. The lowest BCUT2D eigenvalue weighted by atomic mass is 9.88. The second-order valence-electron chi connectivity index (χ2n) is 10.1. The Balaban J connectivity index is 1.58. The number of fused-ring (bicyclic) bond motifs is 1. The number of hydrogen-bond donors (Lipinski definition) is 0. The van der Waals surface area contributed by atoms with E-state index in [-0.39, 0.29) is 17.9 Å². The Labute approximate surface area is 204 Å². The molecule has 2 aromatic rings. The van der Waals surface area contributed by atoms with Crippen molar-refractivity contribution in [2.75, 3.05) is 26.9 Å². The van der Waals surface area contributed by atoms with Gasteiger partial charge in [0.05, 0.1) is 25.5 Å². The van der Waals surface area contributed by atoms with Crippen molar-refractivity contribution < 1.29 is 14.3 Å². The number of hydrogen-bond acceptors (Lipinski definition) is 4. The van der Waals surface area contributed by atoms with Crippen molar-refractivity contribution in [3.05, 3.63) is 46.3 Å². The van der Waals surface area contributed by atoms with Crippen molar-refractivity contribution in [2.24, 2.45) is 0 Å². The molecule has 3 atom stereocenters. The van der Waals surface area contributed by atoms with Crippen molar-refractivity contribution in [1.29, 1.82) is 0 Å². The van der Waals surface area contributed by atoms with Gasteiger partial charge >= 0.3 is 0 Å². The molecule has 1 aliphatic heterocycles.